The highest BCUT2D eigenvalue weighted by molar-refractivity contribution is 5.79. The maximum absolute atomic E-state index is 6.07. The van der Waals surface area contributed by atoms with Gasteiger partial charge in [0.05, 0.1) is 12.7 Å². The van der Waals surface area contributed by atoms with E-state index in [4.69, 9.17) is 9.47 Å². The summed E-state index contributed by atoms with van der Waals surface area (Å²) in [7, 11) is 3.53. The van der Waals surface area contributed by atoms with Crippen molar-refractivity contribution >= 4 is 5.96 Å². The number of aliphatic imine (C=N–C) groups is 1. The molecule has 0 aromatic heterocycles. The summed E-state index contributed by atoms with van der Waals surface area (Å²) in [6, 6.07) is 8.45. The SMILES string of the molecule is CN=C(NCc1ccc(COC)cc1)NCC1CCCOC1C(C)(C)C. The molecule has 1 aliphatic rings. The molecule has 146 valence electrons. The van der Waals surface area contributed by atoms with Crippen LogP contribution in [0.25, 0.3) is 0 Å². The predicted molar refractivity (Wildman–Crippen MR) is 107 cm³/mol. The zero-order valence-electron chi connectivity index (χ0n) is 17.0. The van der Waals surface area contributed by atoms with Crippen molar-refractivity contribution in [2.24, 2.45) is 16.3 Å². The largest absolute Gasteiger partial charge is 0.380 e. The average Bonchev–Trinajstić information content (AvgIpc) is 2.63. The standard InChI is InChI=1S/C21H35N3O2/c1-21(2,3)19-18(7-6-12-26-19)14-24-20(22-4)23-13-16-8-10-17(11-9-16)15-25-5/h8-11,18-19H,6-7,12-15H2,1-5H3,(H2,22,23,24). The summed E-state index contributed by atoms with van der Waals surface area (Å²) in [5.74, 6) is 1.35. The van der Waals surface area contributed by atoms with Gasteiger partial charge in [-0.05, 0) is 29.4 Å². The van der Waals surface area contributed by atoms with Crippen LogP contribution in [-0.2, 0) is 22.6 Å². The second-order valence-corrected chi connectivity index (χ2v) is 8.12. The Hall–Kier alpha value is -1.59. The van der Waals surface area contributed by atoms with Crippen LogP contribution in [0.1, 0.15) is 44.7 Å². The molecule has 2 rings (SSSR count). The van der Waals surface area contributed by atoms with Gasteiger partial charge in [0, 0.05) is 39.8 Å². The summed E-state index contributed by atoms with van der Waals surface area (Å²) in [4.78, 5) is 4.36. The first-order chi connectivity index (χ1) is 12.4. The van der Waals surface area contributed by atoms with E-state index in [1.807, 2.05) is 7.05 Å². The van der Waals surface area contributed by atoms with E-state index in [2.05, 4.69) is 60.7 Å². The Morgan fingerprint density at radius 2 is 1.88 bits per heavy atom. The topological polar surface area (TPSA) is 54.9 Å². The Balaban J connectivity index is 1.83. The molecule has 0 saturated carbocycles. The minimum atomic E-state index is 0.160. The number of methoxy groups -OCH3 is 1. The number of hydrogen-bond donors (Lipinski definition) is 2. The molecule has 0 spiro atoms. The molecular weight excluding hydrogens is 326 g/mol. The third-order valence-electron chi connectivity index (χ3n) is 4.85. The van der Waals surface area contributed by atoms with Crippen molar-refractivity contribution in [1.82, 2.24) is 10.6 Å². The number of ether oxygens (including phenoxy) is 2. The second-order valence-electron chi connectivity index (χ2n) is 8.12. The summed E-state index contributed by atoms with van der Waals surface area (Å²) < 4.78 is 11.2. The van der Waals surface area contributed by atoms with Gasteiger partial charge in [-0.1, -0.05) is 45.0 Å². The van der Waals surface area contributed by atoms with Crippen LogP contribution in [0.15, 0.2) is 29.3 Å². The number of guanidine groups is 1. The van der Waals surface area contributed by atoms with E-state index in [1.54, 1.807) is 7.11 Å². The molecule has 2 unspecified atom stereocenters. The molecule has 0 amide bonds. The zero-order valence-corrected chi connectivity index (χ0v) is 17.0. The van der Waals surface area contributed by atoms with Gasteiger partial charge in [-0.25, -0.2) is 0 Å². The smallest absolute Gasteiger partial charge is 0.191 e. The van der Waals surface area contributed by atoms with E-state index in [9.17, 15) is 0 Å². The normalized spacial score (nSPS) is 21.5. The van der Waals surface area contributed by atoms with Gasteiger partial charge in [-0.2, -0.15) is 0 Å². The van der Waals surface area contributed by atoms with Gasteiger partial charge in [0.25, 0.3) is 0 Å². The zero-order chi connectivity index (χ0) is 19.0. The first kappa shape index (κ1) is 20.7. The Bertz CT molecular complexity index is 564. The maximum atomic E-state index is 6.07. The molecule has 1 aliphatic heterocycles. The number of rotatable bonds is 6. The van der Waals surface area contributed by atoms with Gasteiger partial charge in [0.1, 0.15) is 0 Å². The van der Waals surface area contributed by atoms with Gasteiger partial charge in [-0.15, -0.1) is 0 Å². The monoisotopic (exact) mass is 361 g/mol. The molecule has 0 aliphatic carbocycles. The van der Waals surface area contributed by atoms with Gasteiger partial charge < -0.3 is 20.1 Å². The van der Waals surface area contributed by atoms with Crippen molar-refractivity contribution in [3.05, 3.63) is 35.4 Å². The molecule has 1 aromatic rings. The molecule has 5 heteroatoms. The molecule has 1 heterocycles. The lowest BCUT2D eigenvalue weighted by Crippen LogP contribution is -2.47. The van der Waals surface area contributed by atoms with Crippen LogP contribution in [0.2, 0.25) is 0 Å². The van der Waals surface area contributed by atoms with E-state index in [0.29, 0.717) is 12.5 Å². The molecule has 1 aromatic carbocycles. The van der Waals surface area contributed by atoms with E-state index in [1.165, 1.54) is 17.5 Å². The van der Waals surface area contributed by atoms with Crippen LogP contribution in [0.4, 0.5) is 0 Å². The summed E-state index contributed by atoms with van der Waals surface area (Å²) in [5.41, 5.74) is 2.57. The minimum absolute atomic E-state index is 0.160. The highest BCUT2D eigenvalue weighted by Gasteiger charge is 2.35. The van der Waals surface area contributed by atoms with Crippen molar-refractivity contribution in [3.63, 3.8) is 0 Å². The molecule has 2 N–H and O–H groups in total. The molecular formula is C21H35N3O2. The molecule has 5 nitrogen and oxygen atoms in total. The fourth-order valence-corrected chi connectivity index (χ4v) is 3.56. The highest BCUT2D eigenvalue weighted by Crippen LogP contribution is 2.33. The Kier molecular flexibility index (Phi) is 7.91. The van der Waals surface area contributed by atoms with Gasteiger partial charge in [0.2, 0.25) is 0 Å². The Morgan fingerprint density at radius 3 is 2.50 bits per heavy atom. The fraction of sp³-hybridized carbons (Fsp3) is 0.667. The third-order valence-corrected chi connectivity index (χ3v) is 4.85. The van der Waals surface area contributed by atoms with Crippen LogP contribution in [0, 0.1) is 11.3 Å². The van der Waals surface area contributed by atoms with Crippen LogP contribution >= 0.6 is 0 Å². The lowest BCUT2D eigenvalue weighted by Gasteiger charge is -2.40. The van der Waals surface area contributed by atoms with Crippen molar-refractivity contribution in [1.29, 1.82) is 0 Å². The van der Waals surface area contributed by atoms with Gasteiger partial charge >= 0.3 is 0 Å². The summed E-state index contributed by atoms with van der Waals surface area (Å²) in [6.07, 6.45) is 2.63. The maximum Gasteiger partial charge on any atom is 0.191 e. The Morgan fingerprint density at radius 1 is 1.19 bits per heavy atom. The molecule has 1 saturated heterocycles. The van der Waals surface area contributed by atoms with E-state index in [-0.39, 0.29) is 11.5 Å². The van der Waals surface area contributed by atoms with Crippen LogP contribution in [-0.4, -0.2) is 39.4 Å². The molecule has 0 radical (unpaired) electrons. The van der Waals surface area contributed by atoms with Crippen LogP contribution in [0.3, 0.4) is 0 Å². The first-order valence-corrected chi connectivity index (χ1v) is 9.57. The number of nitrogens with zero attached hydrogens (tertiary/aromatic N) is 1. The van der Waals surface area contributed by atoms with Crippen molar-refractivity contribution in [2.45, 2.75) is 52.9 Å². The molecule has 0 bridgehead atoms. The number of benzene rings is 1. The summed E-state index contributed by atoms with van der Waals surface area (Å²) in [6.45, 7) is 9.94. The fourth-order valence-electron chi connectivity index (χ4n) is 3.56. The third kappa shape index (κ3) is 6.29. The van der Waals surface area contributed by atoms with Gasteiger partial charge in [-0.3, -0.25) is 4.99 Å². The van der Waals surface area contributed by atoms with E-state index < -0.39 is 0 Å². The number of hydrogen-bond acceptors (Lipinski definition) is 3. The lowest BCUT2D eigenvalue weighted by molar-refractivity contribution is -0.0835. The highest BCUT2D eigenvalue weighted by atomic mass is 16.5. The lowest BCUT2D eigenvalue weighted by atomic mass is 9.78. The molecule has 2 atom stereocenters. The molecule has 26 heavy (non-hydrogen) atoms. The summed E-state index contributed by atoms with van der Waals surface area (Å²) >= 11 is 0. The quantitative estimate of drug-likeness (QED) is 0.603. The average molecular weight is 362 g/mol. The van der Waals surface area contributed by atoms with Crippen molar-refractivity contribution < 1.29 is 9.47 Å². The number of nitrogens with one attached hydrogen (secondary N) is 2. The second kappa shape index (κ2) is 9.93. The Labute approximate surface area is 158 Å². The van der Waals surface area contributed by atoms with E-state index >= 15 is 0 Å². The molecule has 1 fully saturated rings. The van der Waals surface area contributed by atoms with E-state index in [0.717, 1.165) is 32.1 Å². The predicted octanol–water partition coefficient (Wildman–Crippen LogP) is 3.34. The van der Waals surface area contributed by atoms with Crippen LogP contribution < -0.4 is 10.6 Å². The van der Waals surface area contributed by atoms with Crippen LogP contribution in [0.5, 0.6) is 0 Å². The summed E-state index contributed by atoms with van der Waals surface area (Å²) in [5, 5.41) is 6.88. The van der Waals surface area contributed by atoms with Crippen molar-refractivity contribution in [2.75, 3.05) is 27.3 Å². The first-order valence-electron chi connectivity index (χ1n) is 9.57. The van der Waals surface area contributed by atoms with Gasteiger partial charge in [0.15, 0.2) is 5.96 Å². The minimum Gasteiger partial charge on any atom is -0.380 e. The van der Waals surface area contributed by atoms with Crippen molar-refractivity contribution in [3.8, 4) is 0 Å².